The first-order valence-electron chi connectivity index (χ1n) is 11.1. The van der Waals surface area contributed by atoms with E-state index >= 15 is 0 Å². The quantitative estimate of drug-likeness (QED) is 0.510. The standard InChI is InChI=1S/C27H27NO4S/c1-18(20-7-5-8-22(14-20)28-33(2,29)30)27-24-9-4-3-6-21(24)17-32-26-15-23(12-13-25(26)27)31-16-19-10-11-19/h3-9,12-15,19,28H,10-11,16-17H2,1-2H3. The van der Waals surface area contributed by atoms with E-state index in [9.17, 15) is 8.42 Å². The van der Waals surface area contributed by atoms with Gasteiger partial charge in [0.15, 0.2) is 0 Å². The Morgan fingerprint density at radius 1 is 1.03 bits per heavy atom. The van der Waals surface area contributed by atoms with E-state index in [1.54, 1.807) is 6.07 Å². The molecular formula is C27H27NO4S. The summed E-state index contributed by atoms with van der Waals surface area (Å²) in [6, 6.07) is 21.8. The molecule has 2 aliphatic rings. The third-order valence-corrected chi connectivity index (χ3v) is 6.66. The Kier molecular flexibility index (Phi) is 5.62. The maximum atomic E-state index is 11.7. The van der Waals surface area contributed by atoms with Gasteiger partial charge in [-0.1, -0.05) is 36.4 Å². The minimum atomic E-state index is -3.36. The average Bonchev–Trinajstić information content (AvgIpc) is 3.62. The summed E-state index contributed by atoms with van der Waals surface area (Å²) in [5.41, 5.74) is 6.81. The summed E-state index contributed by atoms with van der Waals surface area (Å²) in [6.45, 7) is 3.29. The molecule has 1 heterocycles. The highest BCUT2D eigenvalue weighted by atomic mass is 32.2. The van der Waals surface area contributed by atoms with Crippen molar-refractivity contribution in [3.8, 4) is 11.5 Å². The molecule has 1 fully saturated rings. The van der Waals surface area contributed by atoms with Crippen molar-refractivity contribution in [3.05, 3.63) is 89.0 Å². The average molecular weight is 462 g/mol. The fraction of sp³-hybridized carbons (Fsp3) is 0.259. The zero-order chi connectivity index (χ0) is 23.0. The van der Waals surface area contributed by atoms with Gasteiger partial charge >= 0.3 is 0 Å². The lowest BCUT2D eigenvalue weighted by Crippen LogP contribution is -2.09. The molecule has 0 spiro atoms. The zero-order valence-corrected chi connectivity index (χ0v) is 19.6. The van der Waals surface area contributed by atoms with Gasteiger partial charge in [-0.3, -0.25) is 4.72 Å². The predicted octanol–water partition coefficient (Wildman–Crippen LogP) is 5.72. The van der Waals surface area contributed by atoms with Crippen LogP contribution in [0.3, 0.4) is 0 Å². The molecule has 0 unspecified atom stereocenters. The van der Waals surface area contributed by atoms with Gasteiger partial charge < -0.3 is 9.47 Å². The molecule has 1 aliphatic heterocycles. The fourth-order valence-electron chi connectivity index (χ4n) is 4.19. The summed E-state index contributed by atoms with van der Waals surface area (Å²) in [5, 5.41) is 0. The summed E-state index contributed by atoms with van der Waals surface area (Å²) in [6.07, 6.45) is 3.65. The Balaban J connectivity index is 1.62. The molecule has 1 saturated carbocycles. The number of fused-ring (bicyclic) bond motifs is 2. The lowest BCUT2D eigenvalue weighted by molar-refractivity contribution is 0.287. The fourth-order valence-corrected chi connectivity index (χ4v) is 4.74. The van der Waals surface area contributed by atoms with Crippen molar-refractivity contribution < 1.29 is 17.9 Å². The van der Waals surface area contributed by atoms with Gasteiger partial charge in [-0.25, -0.2) is 8.42 Å². The van der Waals surface area contributed by atoms with Crippen molar-refractivity contribution in [1.29, 1.82) is 0 Å². The molecule has 6 heteroatoms. The van der Waals surface area contributed by atoms with E-state index in [0.29, 0.717) is 18.2 Å². The van der Waals surface area contributed by atoms with E-state index in [-0.39, 0.29) is 0 Å². The molecule has 5 nitrogen and oxygen atoms in total. The number of ether oxygens (including phenoxy) is 2. The van der Waals surface area contributed by atoms with Crippen LogP contribution in [0, 0.1) is 5.92 Å². The van der Waals surface area contributed by atoms with Gasteiger partial charge in [0.1, 0.15) is 18.1 Å². The monoisotopic (exact) mass is 461 g/mol. The maximum Gasteiger partial charge on any atom is 0.229 e. The summed E-state index contributed by atoms with van der Waals surface area (Å²) < 4.78 is 38.3. The summed E-state index contributed by atoms with van der Waals surface area (Å²) >= 11 is 0. The van der Waals surface area contributed by atoms with Crippen LogP contribution in [0.2, 0.25) is 0 Å². The largest absolute Gasteiger partial charge is 0.493 e. The number of rotatable bonds is 6. The van der Waals surface area contributed by atoms with Gasteiger partial charge in [-0.2, -0.15) is 0 Å². The van der Waals surface area contributed by atoms with Crippen LogP contribution in [0.1, 0.15) is 42.0 Å². The van der Waals surface area contributed by atoms with Crippen molar-refractivity contribution in [2.24, 2.45) is 5.92 Å². The number of hydrogen-bond donors (Lipinski definition) is 1. The summed E-state index contributed by atoms with van der Waals surface area (Å²) in [5.74, 6) is 2.29. The first kappa shape index (κ1) is 21.6. The van der Waals surface area contributed by atoms with Crippen LogP contribution < -0.4 is 14.2 Å². The highest BCUT2D eigenvalue weighted by Crippen LogP contribution is 2.43. The van der Waals surface area contributed by atoms with E-state index in [2.05, 4.69) is 29.8 Å². The van der Waals surface area contributed by atoms with E-state index in [1.807, 2.05) is 42.5 Å². The first-order valence-corrected chi connectivity index (χ1v) is 13.0. The Bertz CT molecular complexity index is 1340. The Morgan fingerprint density at radius 3 is 2.64 bits per heavy atom. The van der Waals surface area contributed by atoms with Crippen molar-refractivity contribution in [2.45, 2.75) is 26.4 Å². The van der Waals surface area contributed by atoms with Crippen LogP contribution in [-0.4, -0.2) is 21.3 Å². The second kappa shape index (κ2) is 8.60. The maximum absolute atomic E-state index is 11.7. The highest BCUT2D eigenvalue weighted by Gasteiger charge is 2.24. The van der Waals surface area contributed by atoms with E-state index in [4.69, 9.17) is 9.47 Å². The van der Waals surface area contributed by atoms with Gasteiger partial charge in [-0.05, 0) is 77.8 Å². The Hall–Kier alpha value is -3.25. The van der Waals surface area contributed by atoms with Crippen molar-refractivity contribution in [1.82, 2.24) is 0 Å². The minimum Gasteiger partial charge on any atom is -0.493 e. The zero-order valence-electron chi connectivity index (χ0n) is 18.8. The van der Waals surface area contributed by atoms with Crippen LogP contribution >= 0.6 is 0 Å². The third-order valence-electron chi connectivity index (χ3n) is 6.05. The van der Waals surface area contributed by atoms with Gasteiger partial charge in [-0.15, -0.1) is 0 Å². The number of allylic oxidation sites excluding steroid dienone is 1. The molecule has 33 heavy (non-hydrogen) atoms. The molecule has 3 aromatic rings. The van der Waals surface area contributed by atoms with Gasteiger partial charge in [0.05, 0.1) is 12.9 Å². The Morgan fingerprint density at radius 2 is 1.85 bits per heavy atom. The number of anilines is 1. The van der Waals surface area contributed by atoms with E-state index in [1.165, 1.54) is 12.8 Å². The SMILES string of the molecule is CC(=C1c2ccccc2COc2cc(OCC3CC3)ccc21)c1cccc(NS(C)(=O)=O)c1. The molecule has 3 aromatic carbocycles. The number of hydrogen-bond acceptors (Lipinski definition) is 4. The second-order valence-corrected chi connectivity index (χ2v) is 10.6. The van der Waals surface area contributed by atoms with Crippen molar-refractivity contribution in [2.75, 3.05) is 17.6 Å². The normalized spacial score (nSPS) is 16.7. The number of nitrogens with one attached hydrogen (secondary N) is 1. The summed E-state index contributed by atoms with van der Waals surface area (Å²) in [4.78, 5) is 0. The van der Waals surface area contributed by atoms with Crippen LogP contribution in [-0.2, 0) is 16.6 Å². The lowest BCUT2D eigenvalue weighted by atomic mass is 9.88. The molecular weight excluding hydrogens is 434 g/mol. The van der Waals surface area contributed by atoms with Crippen LogP contribution in [0.15, 0.2) is 66.7 Å². The molecule has 1 aliphatic carbocycles. The molecule has 0 bridgehead atoms. The van der Waals surface area contributed by atoms with Crippen molar-refractivity contribution in [3.63, 3.8) is 0 Å². The summed E-state index contributed by atoms with van der Waals surface area (Å²) in [7, 11) is -3.36. The molecule has 0 radical (unpaired) electrons. The van der Waals surface area contributed by atoms with Crippen molar-refractivity contribution >= 4 is 26.9 Å². The van der Waals surface area contributed by atoms with Gasteiger partial charge in [0, 0.05) is 17.3 Å². The van der Waals surface area contributed by atoms with Gasteiger partial charge in [0.25, 0.3) is 0 Å². The first-order chi connectivity index (χ1) is 15.9. The predicted molar refractivity (Wildman–Crippen MR) is 132 cm³/mol. The second-order valence-electron chi connectivity index (χ2n) is 8.81. The highest BCUT2D eigenvalue weighted by molar-refractivity contribution is 7.92. The van der Waals surface area contributed by atoms with Crippen LogP contribution in [0.5, 0.6) is 11.5 Å². The van der Waals surface area contributed by atoms with Crippen LogP contribution in [0.25, 0.3) is 11.1 Å². The molecule has 0 aromatic heterocycles. The minimum absolute atomic E-state index is 0.474. The van der Waals surface area contributed by atoms with Crippen LogP contribution in [0.4, 0.5) is 5.69 Å². The van der Waals surface area contributed by atoms with E-state index < -0.39 is 10.0 Å². The molecule has 1 N–H and O–H groups in total. The topological polar surface area (TPSA) is 64.6 Å². The third kappa shape index (κ3) is 4.91. The molecule has 170 valence electrons. The van der Waals surface area contributed by atoms with Gasteiger partial charge in [0.2, 0.25) is 10.0 Å². The Labute approximate surface area is 195 Å². The molecule has 0 amide bonds. The molecule has 0 saturated heterocycles. The number of benzene rings is 3. The van der Waals surface area contributed by atoms with E-state index in [0.717, 1.165) is 57.8 Å². The smallest absolute Gasteiger partial charge is 0.229 e. The molecule has 0 atom stereocenters. The lowest BCUT2D eigenvalue weighted by Gasteiger charge is -2.17. The molecule has 5 rings (SSSR count). The number of sulfonamides is 1.